The van der Waals surface area contributed by atoms with Crippen LogP contribution in [0.15, 0.2) is 18.2 Å². The van der Waals surface area contributed by atoms with Gasteiger partial charge >= 0.3 is 6.09 Å². The van der Waals surface area contributed by atoms with Gasteiger partial charge in [-0.05, 0) is 42.5 Å². The maximum absolute atomic E-state index is 10.5. The molecule has 1 atom stereocenters. The fraction of sp³-hybridized carbons (Fsp3) is 0.500. The lowest BCUT2D eigenvalue weighted by Gasteiger charge is -2.26. The van der Waals surface area contributed by atoms with Crippen molar-refractivity contribution in [3.8, 4) is 5.75 Å². The third kappa shape index (κ3) is 3.61. The molecule has 0 bridgehead atoms. The van der Waals surface area contributed by atoms with Crippen molar-refractivity contribution >= 4 is 6.09 Å². The Bertz CT molecular complexity index is 448. The number of aryl methyl sites for hydroxylation is 1. The minimum atomic E-state index is -0.726. The number of fused-ring (bicyclic) bond motifs is 1. The second kappa shape index (κ2) is 6.43. The van der Waals surface area contributed by atoms with Gasteiger partial charge in [0.1, 0.15) is 12.4 Å². The molecule has 0 radical (unpaired) electrons. The number of carbonyl (C=O) groups excluding carboxylic acids is 1. The normalized spacial score (nSPS) is 17.6. The molecule has 1 amide bonds. The number of hydrogen-bond donors (Lipinski definition) is 2. The van der Waals surface area contributed by atoms with Crippen molar-refractivity contribution in [1.82, 2.24) is 5.32 Å². The Balaban J connectivity index is 1.95. The van der Waals surface area contributed by atoms with E-state index in [0.29, 0.717) is 19.2 Å². The quantitative estimate of drug-likeness (QED) is 0.795. The number of nitrogens with one attached hydrogen (secondary N) is 1. The van der Waals surface area contributed by atoms with Crippen molar-refractivity contribution in [3.63, 3.8) is 0 Å². The zero-order valence-electron chi connectivity index (χ0n) is 11.1. The summed E-state index contributed by atoms with van der Waals surface area (Å²) in [6.07, 6.45) is 2.60. The predicted octanol–water partition coefficient (Wildman–Crippen LogP) is 1.76. The van der Waals surface area contributed by atoms with Crippen LogP contribution in [0.1, 0.15) is 30.0 Å². The second-order valence-electron chi connectivity index (χ2n) is 4.63. The Morgan fingerprint density at radius 2 is 2.37 bits per heavy atom. The van der Waals surface area contributed by atoms with E-state index in [9.17, 15) is 4.79 Å². The maximum Gasteiger partial charge on any atom is 0.404 e. The minimum Gasteiger partial charge on any atom is -0.497 e. The summed E-state index contributed by atoms with van der Waals surface area (Å²) in [5, 5.41) is 3.40. The van der Waals surface area contributed by atoms with Gasteiger partial charge in [-0.1, -0.05) is 6.07 Å². The highest BCUT2D eigenvalue weighted by atomic mass is 16.5. The van der Waals surface area contributed by atoms with Crippen LogP contribution in [-0.4, -0.2) is 26.4 Å². The van der Waals surface area contributed by atoms with Crippen LogP contribution in [0.5, 0.6) is 5.75 Å². The van der Waals surface area contributed by atoms with Crippen molar-refractivity contribution in [2.45, 2.75) is 25.3 Å². The van der Waals surface area contributed by atoms with E-state index >= 15 is 0 Å². The number of nitrogens with two attached hydrogens (primary N) is 1. The van der Waals surface area contributed by atoms with Crippen LogP contribution in [0.4, 0.5) is 4.79 Å². The van der Waals surface area contributed by atoms with E-state index < -0.39 is 6.09 Å². The van der Waals surface area contributed by atoms with E-state index in [4.69, 9.17) is 15.2 Å². The molecule has 0 aliphatic heterocycles. The van der Waals surface area contributed by atoms with Crippen molar-refractivity contribution in [3.05, 3.63) is 29.3 Å². The third-order valence-electron chi connectivity index (χ3n) is 3.40. The SMILES string of the molecule is COc1ccc2c(c1)CCCC2NCCOC(N)=O. The van der Waals surface area contributed by atoms with Crippen molar-refractivity contribution in [1.29, 1.82) is 0 Å². The van der Waals surface area contributed by atoms with Gasteiger partial charge in [-0.15, -0.1) is 0 Å². The summed E-state index contributed by atoms with van der Waals surface area (Å²) in [7, 11) is 1.68. The molecule has 0 heterocycles. The Hall–Kier alpha value is -1.75. The summed E-state index contributed by atoms with van der Waals surface area (Å²) in [5.74, 6) is 0.900. The summed E-state index contributed by atoms with van der Waals surface area (Å²) in [6.45, 7) is 0.913. The molecule has 0 spiro atoms. The number of ether oxygens (including phenoxy) is 2. The van der Waals surface area contributed by atoms with E-state index in [2.05, 4.69) is 17.4 Å². The highest BCUT2D eigenvalue weighted by molar-refractivity contribution is 5.64. The molecule has 104 valence electrons. The second-order valence-corrected chi connectivity index (χ2v) is 4.63. The molecule has 0 fully saturated rings. The predicted molar refractivity (Wildman–Crippen MR) is 72.2 cm³/mol. The first-order valence-corrected chi connectivity index (χ1v) is 6.53. The smallest absolute Gasteiger partial charge is 0.404 e. The average Bonchev–Trinajstić information content (AvgIpc) is 2.42. The lowest BCUT2D eigenvalue weighted by Crippen LogP contribution is -2.29. The number of rotatable bonds is 5. The van der Waals surface area contributed by atoms with Crippen molar-refractivity contribution in [2.75, 3.05) is 20.3 Å². The number of amides is 1. The molecule has 1 unspecified atom stereocenters. The molecule has 3 N–H and O–H groups in total. The average molecular weight is 264 g/mol. The minimum absolute atomic E-state index is 0.303. The van der Waals surface area contributed by atoms with Crippen molar-refractivity contribution in [2.24, 2.45) is 5.73 Å². The van der Waals surface area contributed by atoms with Gasteiger partial charge in [0.15, 0.2) is 0 Å². The van der Waals surface area contributed by atoms with Gasteiger partial charge in [0.2, 0.25) is 0 Å². The molecular weight excluding hydrogens is 244 g/mol. The Morgan fingerprint density at radius 1 is 1.53 bits per heavy atom. The van der Waals surface area contributed by atoms with Crippen molar-refractivity contribution < 1.29 is 14.3 Å². The molecule has 19 heavy (non-hydrogen) atoms. The van der Waals surface area contributed by atoms with Gasteiger partial charge in [-0.3, -0.25) is 0 Å². The van der Waals surface area contributed by atoms with Crippen LogP contribution in [0.3, 0.4) is 0 Å². The highest BCUT2D eigenvalue weighted by Gasteiger charge is 2.19. The zero-order valence-corrected chi connectivity index (χ0v) is 11.1. The Morgan fingerprint density at radius 3 is 3.11 bits per heavy atom. The van der Waals surface area contributed by atoms with Gasteiger partial charge in [-0.25, -0.2) is 4.79 Å². The summed E-state index contributed by atoms with van der Waals surface area (Å²) in [4.78, 5) is 10.5. The van der Waals surface area contributed by atoms with Gasteiger partial charge in [0, 0.05) is 12.6 Å². The topological polar surface area (TPSA) is 73.6 Å². The van der Waals surface area contributed by atoms with E-state index in [0.717, 1.165) is 25.0 Å². The Kier molecular flexibility index (Phi) is 4.63. The standard InChI is InChI=1S/C14H20N2O3/c1-18-11-5-6-12-10(9-11)3-2-4-13(12)16-7-8-19-14(15)17/h5-6,9,13,16H,2-4,7-8H2,1H3,(H2,15,17). The highest BCUT2D eigenvalue weighted by Crippen LogP contribution is 2.31. The van der Waals surface area contributed by atoms with E-state index in [-0.39, 0.29) is 0 Å². The lowest BCUT2D eigenvalue weighted by atomic mass is 9.87. The molecule has 1 aromatic rings. The number of hydrogen-bond acceptors (Lipinski definition) is 4. The maximum atomic E-state index is 10.5. The number of benzene rings is 1. The Labute approximate surface area is 113 Å². The fourth-order valence-electron chi connectivity index (χ4n) is 2.51. The first kappa shape index (κ1) is 13.7. The monoisotopic (exact) mass is 264 g/mol. The van der Waals surface area contributed by atoms with E-state index in [1.54, 1.807) is 7.11 Å². The molecule has 5 nitrogen and oxygen atoms in total. The summed E-state index contributed by atoms with van der Waals surface area (Å²) >= 11 is 0. The number of primary amides is 1. The van der Waals surface area contributed by atoms with Gasteiger partial charge in [0.25, 0.3) is 0 Å². The first-order valence-electron chi connectivity index (χ1n) is 6.53. The van der Waals surface area contributed by atoms with Crippen LogP contribution >= 0.6 is 0 Å². The van der Waals surface area contributed by atoms with Gasteiger partial charge in [-0.2, -0.15) is 0 Å². The van der Waals surface area contributed by atoms with E-state index in [1.165, 1.54) is 11.1 Å². The van der Waals surface area contributed by atoms with E-state index in [1.807, 2.05) is 6.07 Å². The molecule has 1 aliphatic rings. The molecule has 0 aromatic heterocycles. The van der Waals surface area contributed by atoms with Crippen LogP contribution in [0.25, 0.3) is 0 Å². The largest absolute Gasteiger partial charge is 0.497 e. The molecular formula is C14H20N2O3. The fourth-order valence-corrected chi connectivity index (χ4v) is 2.51. The molecule has 0 saturated heterocycles. The van der Waals surface area contributed by atoms with Crippen LogP contribution in [0.2, 0.25) is 0 Å². The third-order valence-corrected chi connectivity index (χ3v) is 3.40. The molecule has 1 aromatic carbocycles. The number of methoxy groups -OCH3 is 1. The molecule has 1 aliphatic carbocycles. The number of carbonyl (C=O) groups is 1. The summed E-state index contributed by atoms with van der Waals surface area (Å²) in [6, 6.07) is 6.51. The van der Waals surface area contributed by atoms with Gasteiger partial charge < -0.3 is 20.5 Å². The first-order chi connectivity index (χ1) is 9.20. The molecule has 0 saturated carbocycles. The molecule has 2 rings (SSSR count). The van der Waals surface area contributed by atoms with Crippen LogP contribution < -0.4 is 15.8 Å². The summed E-state index contributed by atoms with van der Waals surface area (Å²) in [5.41, 5.74) is 7.56. The van der Waals surface area contributed by atoms with Crippen LogP contribution in [-0.2, 0) is 11.2 Å². The summed E-state index contributed by atoms with van der Waals surface area (Å²) < 4.78 is 9.96. The van der Waals surface area contributed by atoms with Gasteiger partial charge in [0.05, 0.1) is 7.11 Å². The zero-order chi connectivity index (χ0) is 13.7. The molecule has 5 heteroatoms. The van der Waals surface area contributed by atoms with Crippen LogP contribution in [0, 0.1) is 0 Å². The lowest BCUT2D eigenvalue weighted by molar-refractivity contribution is 0.155.